The Morgan fingerprint density at radius 3 is 2.17 bits per heavy atom. The summed E-state index contributed by atoms with van der Waals surface area (Å²) in [5, 5.41) is 2.62. The van der Waals surface area contributed by atoms with Crippen molar-refractivity contribution < 1.29 is 23.9 Å². The number of carbonyl (C=O) groups excluding carboxylic acids is 4. The van der Waals surface area contributed by atoms with Gasteiger partial charge in [-0.25, -0.2) is 9.69 Å². The van der Waals surface area contributed by atoms with Crippen molar-refractivity contribution in [1.82, 2.24) is 0 Å². The van der Waals surface area contributed by atoms with Crippen LogP contribution in [0.5, 0.6) is 5.75 Å². The molecule has 1 N–H and O–H groups in total. The highest BCUT2D eigenvalue weighted by atomic mass is 16.5. The van der Waals surface area contributed by atoms with Gasteiger partial charge < -0.3 is 10.1 Å². The molecule has 0 unspecified atom stereocenters. The molecule has 7 heteroatoms. The second kappa shape index (κ2) is 7.63. The maximum atomic E-state index is 12.8. The molecule has 1 aliphatic heterocycles. The highest BCUT2D eigenvalue weighted by Gasteiger charge is 2.37. The number of hydrogen-bond donors (Lipinski definition) is 1. The summed E-state index contributed by atoms with van der Waals surface area (Å²) < 4.78 is 5.33. The van der Waals surface area contributed by atoms with E-state index in [0.717, 1.165) is 4.90 Å². The number of esters is 1. The van der Waals surface area contributed by atoms with E-state index < -0.39 is 17.8 Å². The Morgan fingerprint density at radius 1 is 0.833 bits per heavy atom. The van der Waals surface area contributed by atoms with Crippen LogP contribution in [0.2, 0.25) is 0 Å². The van der Waals surface area contributed by atoms with E-state index in [1.54, 1.807) is 54.6 Å². The van der Waals surface area contributed by atoms with E-state index in [9.17, 15) is 19.2 Å². The zero-order valence-corrected chi connectivity index (χ0v) is 15.9. The van der Waals surface area contributed by atoms with Gasteiger partial charge in [-0.3, -0.25) is 14.4 Å². The third-order valence-electron chi connectivity index (χ3n) is 4.52. The van der Waals surface area contributed by atoms with Gasteiger partial charge in [0.1, 0.15) is 5.75 Å². The van der Waals surface area contributed by atoms with Crippen LogP contribution in [-0.2, 0) is 4.79 Å². The minimum Gasteiger partial charge on any atom is -0.423 e. The smallest absolute Gasteiger partial charge is 0.343 e. The van der Waals surface area contributed by atoms with Crippen LogP contribution in [0.25, 0.3) is 0 Å². The van der Waals surface area contributed by atoms with Gasteiger partial charge in [-0.05, 0) is 54.6 Å². The van der Waals surface area contributed by atoms with Gasteiger partial charge in [0, 0.05) is 12.6 Å². The predicted molar refractivity (Wildman–Crippen MR) is 110 cm³/mol. The number of imide groups is 1. The largest absolute Gasteiger partial charge is 0.423 e. The Labute approximate surface area is 171 Å². The van der Waals surface area contributed by atoms with E-state index >= 15 is 0 Å². The van der Waals surface area contributed by atoms with Crippen LogP contribution in [-0.4, -0.2) is 23.7 Å². The first-order valence-electron chi connectivity index (χ1n) is 9.12. The van der Waals surface area contributed by atoms with Gasteiger partial charge in [0.05, 0.1) is 22.4 Å². The van der Waals surface area contributed by atoms with Gasteiger partial charge in [-0.15, -0.1) is 0 Å². The highest BCUT2D eigenvalue weighted by Crippen LogP contribution is 2.29. The highest BCUT2D eigenvalue weighted by molar-refractivity contribution is 6.34. The van der Waals surface area contributed by atoms with Crippen molar-refractivity contribution in [3.05, 3.63) is 89.5 Å². The number of rotatable bonds is 4. The number of hydrogen-bond acceptors (Lipinski definition) is 5. The fraction of sp³-hybridized carbons (Fsp3) is 0.0435. The van der Waals surface area contributed by atoms with Gasteiger partial charge in [0.2, 0.25) is 5.91 Å². The Hall–Kier alpha value is -4.26. The van der Waals surface area contributed by atoms with Gasteiger partial charge in [0.15, 0.2) is 0 Å². The maximum Gasteiger partial charge on any atom is 0.343 e. The van der Waals surface area contributed by atoms with Crippen molar-refractivity contribution in [1.29, 1.82) is 0 Å². The van der Waals surface area contributed by atoms with Crippen LogP contribution in [0.3, 0.4) is 0 Å². The summed E-state index contributed by atoms with van der Waals surface area (Å²) >= 11 is 0. The molecule has 1 heterocycles. The van der Waals surface area contributed by atoms with Crippen molar-refractivity contribution in [2.45, 2.75) is 6.92 Å². The molecule has 3 aromatic carbocycles. The lowest BCUT2D eigenvalue weighted by atomic mass is 10.1. The van der Waals surface area contributed by atoms with E-state index in [1.807, 2.05) is 0 Å². The van der Waals surface area contributed by atoms with Crippen molar-refractivity contribution in [2.75, 3.05) is 10.2 Å². The van der Waals surface area contributed by atoms with E-state index in [0.29, 0.717) is 11.4 Å². The third kappa shape index (κ3) is 3.56. The average molecular weight is 400 g/mol. The van der Waals surface area contributed by atoms with E-state index in [1.165, 1.54) is 25.1 Å². The van der Waals surface area contributed by atoms with Crippen LogP contribution in [0, 0.1) is 0 Å². The maximum absolute atomic E-state index is 12.8. The van der Waals surface area contributed by atoms with Gasteiger partial charge in [-0.1, -0.05) is 18.2 Å². The second-order valence-electron chi connectivity index (χ2n) is 6.64. The van der Waals surface area contributed by atoms with E-state index in [-0.39, 0.29) is 28.3 Å². The zero-order valence-electron chi connectivity index (χ0n) is 15.9. The molecule has 3 aromatic rings. The Balaban J connectivity index is 1.55. The molecular weight excluding hydrogens is 384 g/mol. The number of fused-ring (bicyclic) bond motifs is 1. The Morgan fingerprint density at radius 2 is 1.50 bits per heavy atom. The molecule has 7 nitrogen and oxygen atoms in total. The van der Waals surface area contributed by atoms with E-state index in [4.69, 9.17) is 4.74 Å². The molecule has 0 aromatic heterocycles. The number of carbonyl (C=O) groups is 4. The second-order valence-corrected chi connectivity index (χ2v) is 6.64. The molecule has 4 rings (SSSR count). The number of para-hydroxylation sites is 1. The summed E-state index contributed by atoms with van der Waals surface area (Å²) in [6, 6.07) is 19.2. The topological polar surface area (TPSA) is 92.8 Å². The van der Waals surface area contributed by atoms with Crippen molar-refractivity contribution >= 4 is 35.1 Å². The first-order chi connectivity index (χ1) is 14.4. The number of amides is 3. The molecule has 0 spiro atoms. The summed E-state index contributed by atoms with van der Waals surface area (Å²) in [4.78, 5) is 50.1. The fourth-order valence-corrected chi connectivity index (χ4v) is 3.15. The van der Waals surface area contributed by atoms with E-state index in [2.05, 4.69) is 5.32 Å². The number of nitrogens with zero attached hydrogens (tertiary/aromatic N) is 1. The lowest BCUT2D eigenvalue weighted by molar-refractivity contribution is -0.114. The summed E-state index contributed by atoms with van der Waals surface area (Å²) in [7, 11) is 0. The van der Waals surface area contributed by atoms with Gasteiger partial charge >= 0.3 is 5.97 Å². The number of benzene rings is 3. The van der Waals surface area contributed by atoms with Crippen molar-refractivity contribution in [3.63, 3.8) is 0 Å². The van der Waals surface area contributed by atoms with Crippen LogP contribution >= 0.6 is 0 Å². The van der Waals surface area contributed by atoms with Crippen molar-refractivity contribution in [2.24, 2.45) is 0 Å². The Kier molecular flexibility index (Phi) is 4.85. The molecule has 0 radical (unpaired) electrons. The summed E-state index contributed by atoms with van der Waals surface area (Å²) in [6.07, 6.45) is 0. The number of ether oxygens (including phenoxy) is 1. The molecule has 0 atom stereocenters. The Bertz CT molecular complexity index is 1170. The lowest BCUT2D eigenvalue weighted by Gasteiger charge is -2.13. The fourth-order valence-electron chi connectivity index (χ4n) is 3.15. The van der Waals surface area contributed by atoms with Crippen LogP contribution in [0.15, 0.2) is 72.8 Å². The third-order valence-corrected chi connectivity index (χ3v) is 4.52. The predicted octanol–water partition coefficient (Wildman–Crippen LogP) is 3.66. The van der Waals surface area contributed by atoms with Crippen molar-refractivity contribution in [3.8, 4) is 5.75 Å². The van der Waals surface area contributed by atoms with Crippen LogP contribution in [0.4, 0.5) is 11.4 Å². The summed E-state index contributed by atoms with van der Waals surface area (Å²) in [5.41, 5.74) is 1.58. The average Bonchev–Trinajstić information content (AvgIpc) is 2.99. The van der Waals surface area contributed by atoms with Gasteiger partial charge in [0.25, 0.3) is 11.8 Å². The van der Waals surface area contributed by atoms with Gasteiger partial charge in [-0.2, -0.15) is 0 Å². The SMILES string of the molecule is CC(=O)Nc1ccc(OC(=O)c2ccc3c(c2)C(=O)N(c2ccccc2)C3=O)cc1. The molecule has 0 saturated heterocycles. The molecule has 30 heavy (non-hydrogen) atoms. The summed E-state index contributed by atoms with van der Waals surface area (Å²) in [6.45, 7) is 1.40. The first-order valence-corrected chi connectivity index (χ1v) is 9.12. The molecule has 0 fully saturated rings. The summed E-state index contributed by atoms with van der Waals surface area (Å²) in [5.74, 6) is -1.52. The minimum absolute atomic E-state index is 0.149. The molecule has 0 aliphatic carbocycles. The number of nitrogens with one attached hydrogen (secondary N) is 1. The molecular formula is C23H16N2O5. The minimum atomic E-state index is -0.663. The van der Waals surface area contributed by atoms with Crippen LogP contribution in [0.1, 0.15) is 38.0 Å². The molecule has 148 valence electrons. The molecule has 1 aliphatic rings. The molecule has 0 saturated carbocycles. The number of anilines is 2. The standard InChI is InChI=1S/C23H16N2O5/c1-14(26)24-16-8-10-18(11-9-16)30-23(29)15-7-12-19-20(13-15)22(28)25(21(19)27)17-5-3-2-4-6-17/h2-13H,1H3,(H,24,26). The monoisotopic (exact) mass is 400 g/mol. The van der Waals surface area contributed by atoms with Crippen LogP contribution < -0.4 is 15.0 Å². The molecule has 3 amide bonds. The normalized spacial score (nSPS) is 12.5. The zero-order chi connectivity index (χ0) is 21.3. The lowest BCUT2D eigenvalue weighted by Crippen LogP contribution is -2.29. The molecule has 0 bridgehead atoms. The quantitative estimate of drug-likeness (QED) is 0.410. The first kappa shape index (κ1) is 19.1.